The number of nitrogens with one attached hydrogen (secondary N) is 1. The Morgan fingerprint density at radius 3 is 2.71 bits per heavy atom. The van der Waals surface area contributed by atoms with Crippen molar-refractivity contribution in [2.75, 3.05) is 11.1 Å². The molecule has 1 aromatic carbocycles. The van der Waals surface area contributed by atoms with Gasteiger partial charge in [0.1, 0.15) is 0 Å². The molecule has 3 atom stereocenters. The Hall–Kier alpha value is -0.700. The smallest absolute Gasteiger partial charge is 0.0587 e. The first-order valence-electron chi connectivity index (χ1n) is 6.38. The molecule has 0 aliphatic heterocycles. The fourth-order valence-corrected chi connectivity index (χ4v) is 2.91. The van der Waals surface area contributed by atoms with Crippen LogP contribution in [0, 0.1) is 11.8 Å². The van der Waals surface area contributed by atoms with Crippen LogP contribution < -0.4 is 11.1 Å². The minimum absolute atomic E-state index is 0.567. The average Bonchev–Trinajstić information content (AvgIpc) is 2.29. The molecular formula is C14H21BrN2. The molecule has 1 aliphatic rings. The van der Waals surface area contributed by atoms with Gasteiger partial charge >= 0.3 is 0 Å². The largest absolute Gasteiger partial charge is 0.397 e. The highest BCUT2D eigenvalue weighted by molar-refractivity contribution is 9.10. The van der Waals surface area contributed by atoms with Gasteiger partial charge in [0.2, 0.25) is 0 Å². The van der Waals surface area contributed by atoms with Crippen LogP contribution in [-0.2, 0) is 0 Å². The summed E-state index contributed by atoms with van der Waals surface area (Å²) in [5, 5.41) is 3.59. The van der Waals surface area contributed by atoms with E-state index in [-0.39, 0.29) is 0 Å². The van der Waals surface area contributed by atoms with E-state index >= 15 is 0 Å². The first kappa shape index (κ1) is 12.7. The van der Waals surface area contributed by atoms with Crippen molar-refractivity contribution in [2.24, 2.45) is 11.8 Å². The van der Waals surface area contributed by atoms with Crippen molar-refractivity contribution in [1.29, 1.82) is 0 Å². The van der Waals surface area contributed by atoms with E-state index in [0.29, 0.717) is 6.04 Å². The summed E-state index contributed by atoms with van der Waals surface area (Å²) in [5.41, 5.74) is 7.88. The number of nitrogen functional groups attached to an aromatic ring is 1. The maximum Gasteiger partial charge on any atom is 0.0587 e. The number of hydrogen-bond donors (Lipinski definition) is 2. The number of halogens is 1. The van der Waals surface area contributed by atoms with Crippen molar-refractivity contribution >= 4 is 27.3 Å². The summed E-state index contributed by atoms with van der Waals surface area (Å²) in [6.45, 7) is 4.71. The topological polar surface area (TPSA) is 38.0 Å². The fraction of sp³-hybridized carbons (Fsp3) is 0.571. The van der Waals surface area contributed by atoms with Gasteiger partial charge in [0.05, 0.1) is 11.4 Å². The second-order valence-corrected chi connectivity index (χ2v) is 6.26. The molecule has 0 spiro atoms. The third-order valence-corrected chi connectivity index (χ3v) is 4.47. The highest BCUT2D eigenvalue weighted by Gasteiger charge is 2.24. The predicted molar refractivity (Wildman–Crippen MR) is 78.1 cm³/mol. The second-order valence-electron chi connectivity index (χ2n) is 5.34. The molecule has 17 heavy (non-hydrogen) atoms. The van der Waals surface area contributed by atoms with E-state index < -0.39 is 0 Å². The van der Waals surface area contributed by atoms with Crippen molar-refractivity contribution in [3.63, 3.8) is 0 Å². The summed E-state index contributed by atoms with van der Waals surface area (Å²) in [6.07, 6.45) is 3.80. The predicted octanol–water partition coefficient (Wildman–Crippen LogP) is 4.27. The molecule has 1 aliphatic carbocycles. The highest BCUT2D eigenvalue weighted by Crippen LogP contribution is 2.32. The molecule has 94 valence electrons. The zero-order chi connectivity index (χ0) is 12.4. The molecule has 0 saturated heterocycles. The van der Waals surface area contributed by atoms with E-state index in [1.54, 1.807) is 0 Å². The van der Waals surface area contributed by atoms with Gasteiger partial charge in [0.25, 0.3) is 0 Å². The summed E-state index contributed by atoms with van der Waals surface area (Å²) in [7, 11) is 0. The SMILES string of the molecule is CC1CCC(Nc2cc(Br)ccc2N)CC1C. The van der Waals surface area contributed by atoms with Gasteiger partial charge in [0.15, 0.2) is 0 Å². The minimum atomic E-state index is 0.567. The van der Waals surface area contributed by atoms with Crippen molar-refractivity contribution in [2.45, 2.75) is 39.2 Å². The molecule has 1 aromatic rings. The van der Waals surface area contributed by atoms with Gasteiger partial charge < -0.3 is 11.1 Å². The normalized spacial score (nSPS) is 29.0. The average molecular weight is 297 g/mol. The van der Waals surface area contributed by atoms with E-state index in [1.165, 1.54) is 19.3 Å². The van der Waals surface area contributed by atoms with Crippen LogP contribution in [0.1, 0.15) is 33.1 Å². The van der Waals surface area contributed by atoms with Crippen LogP contribution >= 0.6 is 15.9 Å². The van der Waals surface area contributed by atoms with E-state index in [2.05, 4.69) is 41.2 Å². The number of hydrogen-bond acceptors (Lipinski definition) is 2. The summed E-state index contributed by atoms with van der Waals surface area (Å²) in [4.78, 5) is 0. The summed E-state index contributed by atoms with van der Waals surface area (Å²) >= 11 is 3.49. The Labute approximate surface area is 112 Å². The molecule has 1 fully saturated rings. The zero-order valence-electron chi connectivity index (χ0n) is 10.5. The lowest BCUT2D eigenvalue weighted by atomic mass is 9.79. The molecule has 3 heteroatoms. The quantitative estimate of drug-likeness (QED) is 0.800. The Bertz CT molecular complexity index is 392. The second kappa shape index (κ2) is 5.30. The van der Waals surface area contributed by atoms with E-state index in [4.69, 9.17) is 5.73 Å². The van der Waals surface area contributed by atoms with Crippen LogP contribution in [0.2, 0.25) is 0 Å². The molecule has 1 saturated carbocycles. The lowest BCUT2D eigenvalue weighted by Crippen LogP contribution is -2.30. The molecule has 0 bridgehead atoms. The Morgan fingerprint density at radius 1 is 1.24 bits per heavy atom. The lowest BCUT2D eigenvalue weighted by molar-refractivity contribution is 0.261. The fourth-order valence-electron chi connectivity index (χ4n) is 2.55. The molecule has 0 radical (unpaired) electrons. The third kappa shape index (κ3) is 3.15. The van der Waals surface area contributed by atoms with Crippen LogP contribution in [0.4, 0.5) is 11.4 Å². The maximum absolute atomic E-state index is 5.99. The number of benzene rings is 1. The molecule has 3 N–H and O–H groups in total. The van der Waals surface area contributed by atoms with Gasteiger partial charge in [-0.15, -0.1) is 0 Å². The molecule has 0 aromatic heterocycles. The van der Waals surface area contributed by atoms with Crippen molar-refractivity contribution < 1.29 is 0 Å². The molecule has 0 heterocycles. The zero-order valence-corrected chi connectivity index (χ0v) is 12.1. The Morgan fingerprint density at radius 2 is 2.00 bits per heavy atom. The van der Waals surface area contributed by atoms with E-state index in [1.807, 2.05) is 12.1 Å². The third-order valence-electron chi connectivity index (χ3n) is 3.97. The minimum Gasteiger partial charge on any atom is -0.397 e. The first-order valence-corrected chi connectivity index (χ1v) is 7.17. The summed E-state index contributed by atoms with van der Waals surface area (Å²) < 4.78 is 1.08. The van der Waals surface area contributed by atoms with Crippen molar-refractivity contribution in [3.8, 4) is 0 Å². The first-order chi connectivity index (χ1) is 8.06. The van der Waals surface area contributed by atoms with Gasteiger partial charge in [-0.05, 0) is 49.3 Å². The van der Waals surface area contributed by atoms with Crippen LogP contribution in [0.3, 0.4) is 0 Å². The molecular weight excluding hydrogens is 276 g/mol. The number of nitrogens with two attached hydrogens (primary N) is 1. The van der Waals surface area contributed by atoms with Gasteiger partial charge in [-0.3, -0.25) is 0 Å². The number of rotatable bonds is 2. The van der Waals surface area contributed by atoms with Gasteiger partial charge in [-0.2, -0.15) is 0 Å². The van der Waals surface area contributed by atoms with Crippen LogP contribution in [0.5, 0.6) is 0 Å². The number of anilines is 2. The summed E-state index contributed by atoms with van der Waals surface area (Å²) in [5.74, 6) is 1.66. The van der Waals surface area contributed by atoms with Crippen LogP contribution in [0.15, 0.2) is 22.7 Å². The molecule has 2 rings (SSSR count). The monoisotopic (exact) mass is 296 g/mol. The van der Waals surface area contributed by atoms with Gasteiger partial charge in [0, 0.05) is 10.5 Å². The molecule has 0 amide bonds. The summed E-state index contributed by atoms with van der Waals surface area (Å²) in [6, 6.07) is 6.56. The van der Waals surface area contributed by atoms with Gasteiger partial charge in [-0.1, -0.05) is 29.8 Å². The van der Waals surface area contributed by atoms with Crippen molar-refractivity contribution in [1.82, 2.24) is 0 Å². The maximum atomic E-state index is 5.99. The Kier molecular flexibility index (Phi) is 3.97. The standard InChI is InChI=1S/C14H21BrN2/c1-9-3-5-12(7-10(9)2)17-14-8-11(15)4-6-13(14)16/h4,6,8-10,12,17H,3,5,7,16H2,1-2H3. The van der Waals surface area contributed by atoms with Crippen molar-refractivity contribution in [3.05, 3.63) is 22.7 Å². The molecule has 3 unspecified atom stereocenters. The Balaban J connectivity index is 2.03. The highest BCUT2D eigenvalue weighted by atomic mass is 79.9. The van der Waals surface area contributed by atoms with E-state index in [0.717, 1.165) is 27.7 Å². The van der Waals surface area contributed by atoms with Crippen LogP contribution in [-0.4, -0.2) is 6.04 Å². The molecule has 2 nitrogen and oxygen atoms in total. The van der Waals surface area contributed by atoms with Gasteiger partial charge in [-0.25, -0.2) is 0 Å². The lowest BCUT2D eigenvalue weighted by Gasteiger charge is -2.33. The van der Waals surface area contributed by atoms with E-state index in [9.17, 15) is 0 Å². The van der Waals surface area contributed by atoms with Crippen LogP contribution in [0.25, 0.3) is 0 Å².